The molecule has 0 radical (unpaired) electrons. The monoisotopic (exact) mass is 282 g/mol. The molecule has 1 atom stereocenters. The molecule has 0 fully saturated rings. The van der Waals surface area contributed by atoms with E-state index in [9.17, 15) is 4.79 Å². The molecule has 0 aliphatic heterocycles. The van der Waals surface area contributed by atoms with Crippen LogP contribution in [0.15, 0.2) is 24.3 Å². The Hall–Kier alpha value is -1.20. The molecular weight excluding hydrogens is 260 g/mol. The molecule has 0 aliphatic carbocycles. The molecule has 0 aromatic heterocycles. The van der Waals surface area contributed by atoms with Crippen molar-refractivity contribution in [1.82, 2.24) is 5.32 Å². The topological polar surface area (TPSA) is 50.4 Å². The average Bonchev–Trinajstić information content (AvgIpc) is 2.43. The van der Waals surface area contributed by atoms with Crippen LogP contribution in [0.2, 0.25) is 0 Å². The van der Waals surface area contributed by atoms with Gasteiger partial charge in [0, 0.05) is 17.8 Å². The van der Waals surface area contributed by atoms with Crippen LogP contribution in [0.4, 0.5) is 5.69 Å². The predicted octanol–water partition coefficient (Wildman–Crippen LogP) is 2.36. The fraction of sp³-hybridized carbons (Fsp3) is 0.500. The summed E-state index contributed by atoms with van der Waals surface area (Å²) >= 11 is 1.82. The molecule has 0 saturated carbocycles. The molecule has 2 N–H and O–H groups in total. The van der Waals surface area contributed by atoms with Gasteiger partial charge in [0.2, 0.25) is 5.91 Å². The van der Waals surface area contributed by atoms with Gasteiger partial charge in [-0.1, -0.05) is 6.07 Å². The van der Waals surface area contributed by atoms with Crippen molar-refractivity contribution in [3.8, 4) is 5.75 Å². The SMILES string of the molecule is COc1cccc(NC(=O)CNC(C)CCSC)c1. The first-order chi connectivity index (χ1) is 9.15. The quantitative estimate of drug-likeness (QED) is 0.768. The average molecular weight is 282 g/mol. The van der Waals surface area contributed by atoms with Crippen LogP contribution in [0, 0.1) is 0 Å². The van der Waals surface area contributed by atoms with Gasteiger partial charge >= 0.3 is 0 Å². The Bertz CT molecular complexity index is 399. The van der Waals surface area contributed by atoms with Crippen LogP contribution in [-0.2, 0) is 4.79 Å². The minimum atomic E-state index is -0.0377. The second kappa shape index (κ2) is 8.82. The summed E-state index contributed by atoms with van der Waals surface area (Å²) in [5.41, 5.74) is 0.753. The summed E-state index contributed by atoms with van der Waals surface area (Å²) in [6.07, 6.45) is 3.15. The van der Waals surface area contributed by atoms with Crippen LogP contribution >= 0.6 is 11.8 Å². The van der Waals surface area contributed by atoms with Crippen molar-refractivity contribution in [3.63, 3.8) is 0 Å². The highest BCUT2D eigenvalue weighted by molar-refractivity contribution is 7.98. The third kappa shape index (κ3) is 6.50. The molecular formula is C14H22N2O2S. The normalized spacial score (nSPS) is 11.9. The summed E-state index contributed by atoms with van der Waals surface area (Å²) < 4.78 is 5.11. The lowest BCUT2D eigenvalue weighted by molar-refractivity contribution is -0.115. The van der Waals surface area contributed by atoms with Crippen LogP contribution in [0.3, 0.4) is 0 Å². The second-order valence-corrected chi connectivity index (χ2v) is 5.33. The van der Waals surface area contributed by atoms with E-state index in [1.165, 1.54) is 0 Å². The standard InChI is InChI=1S/C14H22N2O2S/c1-11(7-8-19-3)15-10-14(17)16-12-5-4-6-13(9-12)18-2/h4-6,9,11,15H,7-8,10H2,1-3H3,(H,16,17). The lowest BCUT2D eigenvalue weighted by atomic mass is 10.2. The number of hydrogen-bond acceptors (Lipinski definition) is 4. The van der Waals surface area contributed by atoms with Gasteiger partial charge in [0.25, 0.3) is 0 Å². The summed E-state index contributed by atoms with van der Waals surface area (Å²) in [4.78, 5) is 11.8. The Balaban J connectivity index is 2.34. The molecule has 1 rings (SSSR count). The maximum atomic E-state index is 11.8. The van der Waals surface area contributed by atoms with Crippen molar-refractivity contribution in [2.45, 2.75) is 19.4 Å². The van der Waals surface area contributed by atoms with E-state index in [0.29, 0.717) is 12.6 Å². The second-order valence-electron chi connectivity index (χ2n) is 4.34. The number of amides is 1. The zero-order chi connectivity index (χ0) is 14.1. The minimum Gasteiger partial charge on any atom is -0.497 e. The van der Waals surface area contributed by atoms with Crippen molar-refractivity contribution in [2.75, 3.05) is 31.0 Å². The fourth-order valence-electron chi connectivity index (χ4n) is 1.57. The number of hydrogen-bond donors (Lipinski definition) is 2. The fourth-order valence-corrected chi connectivity index (χ4v) is 2.16. The van der Waals surface area contributed by atoms with Crippen molar-refractivity contribution < 1.29 is 9.53 Å². The molecule has 1 unspecified atom stereocenters. The van der Waals surface area contributed by atoms with Crippen LogP contribution in [-0.4, -0.2) is 37.6 Å². The van der Waals surface area contributed by atoms with E-state index in [4.69, 9.17) is 4.74 Å². The Labute approximate surface area is 119 Å². The molecule has 4 nitrogen and oxygen atoms in total. The first kappa shape index (κ1) is 15.9. The highest BCUT2D eigenvalue weighted by atomic mass is 32.2. The van der Waals surface area contributed by atoms with Gasteiger partial charge in [0.1, 0.15) is 5.75 Å². The number of methoxy groups -OCH3 is 1. The number of carbonyl (C=O) groups excluding carboxylic acids is 1. The molecule has 0 saturated heterocycles. The summed E-state index contributed by atoms with van der Waals surface area (Å²) in [6, 6.07) is 7.69. The van der Waals surface area contributed by atoms with Crippen LogP contribution < -0.4 is 15.4 Å². The van der Waals surface area contributed by atoms with E-state index in [0.717, 1.165) is 23.6 Å². The van der Waals surface area contributed by atoms with Gasteiger partial charge in [-0.3, -0.25) is 4.79 Å². The lowest BCUT2D eigenvalue weighted by Crippen LogP contribution is -2.34. The van der Waals surface area contributed by atoms with Crippen LogP contribution in [0.25, 0.3) is 0 Å². The summed E-state index contributed by atoms with van der Waals surface area (Å²) in [6.45, 7) is 2.42. The molecule has 1 aromatic carbocycles. The van der Waals surface area contributed by atoms with Crippen molar-refractivity contribution in [2.24, 2.45) is 0 Å². The Morgan fingerprint density at radius 2 is 2.26 bits per heavy atom. The number of benzene rings is 1. The summed E-state index contributed by atoms with van der Waals surface area (Å²) in [7, 11) is 1.61. The van der Waals surface area contributed by atoms with Crippen LogP contribution in [0.1, 0.15) is 13.3 Å². The van der Waals surface area contributed by atoms with Crippen molar-refractivity contribution in [3.05, 3.63) is 24.3 Å². The molecule has 5 heteroatoms. The van der Waals surface area contributed by atoms with Gasteiger partial charge in [-0.15, -0.1) is 0 Å². The number of ether oxygens (including phenoxy) is 1. The molecule has 0 heterocycles. The highest BCUT2D eigenvalue weighted by Crippen LogP contribution is 2.16. The smallest absolute Gasteiger partial charge is 0.238 e. The lowest BCUT2D eigenvalue weighted by Gasteiger charge is -2.13. The highest BCUT2D eigenvalue weighted by Gasteiger charge is 2.06. The number of anilines is 1. The van der Waals surface area contributed by atoms with Crippen molar-refractivity contribution >= 4 is 23.4 Å². The first-order valence-electron chi connectivity index (χ1n) is 6.32. The third-order valence-corrected chi connectivity index (χ3v) is 3.36. The molecule has 0 aliphatic rings. The van der Waals surface area contributed by atoms with Gasteiger partial charge < -0.3 is 15.4 Å². The van der Waals surface area contributed by atoms with E-state index in [1.807, 2.05) is 30.0 Å². The molecule has 0 spiro atoms. The number of carbonyl (C=O) groups is 1. The third-order valence-electron chi connectivity index (χ3n) is 2.72. The van der Waals surface area contributed by atoms with E-state index in [2.05, 4.69) is 23.8 Å². The largest absolute Gasteiger partial charge is 0.497 e. The summed E-state index contributed by atoms with van der Waals surface area (Å²) in [5, 5.41) is 6.05. The van der Waals surface area contributed by atoms with Crippen molar-refractivity contribution in [1.29, 1.82) is 0 Å². The van der Waals surface area contributed by atoms with E-state index >= 15 is 0 Å². The van der Waals surface area contributed by atoms with Crippen LogP contribution in [0.5, 0.6) is 5.75 Å². The van der Waals surface area contributed by atoms with E-state index in [1.54, 1.807) is 13.2 Å². The van der Waals surface area contributed by atoms with Gasteiger partial charge in [-0.2, -0.15) is 11.8 Å². The predicted molar refractivity (Wildman–Crippen MR) is 82.1 cm³/mol. The first-order valence-corrected chi connectivity index (χ1v) is 7.71. The van der Waals surface area contributed by atoms with Gasteiger partial charge in [0.05, 0.1) is 13.7 Å². The van der Waals surface area contributed by atoms with Gasteiger partial charge in [-0.25, -0.2) is 0 Å². The zero-order valence-corrected chi connectivity index (χ0v) is 12.5. The Kier molecular flexibility index (Phi) is 7.36. The maximum Gasteiger partial charge on any atom is 0.238 e. The molecule has 1 amide bonds. The molecule has 106 valence electrons. The van der Waals surface area contributed by atoms with E-state index in [-0.39, 0.29) is 5.91 Å². The Morgan fingerprint density at radius 3 is 2.95 bits per heavy atom. The number of thioether (sulfide) groups is 1. The molecule has 1 aromatic rings. The number of rotatable bonds is 8. The van der Waals surface area contributed by atoms with E-state index < -0.39 is 0 Å². The minimum absolute atomic E-state index is 0.0377. The maximum absolute atomic E-state index is 11.8. The zero-order valence-electron chi connectivity index (χ0n) is 11.7. The number of nitrogens with one attached hydrogen (secondary N) is 2. The van der Waals surface area contributed by atoms with Gasteiger partial charge in [-0.05, 0) is 37.5 Å². The Morgan fingerprint density at radius 1 is 1.47 bits per heavy atom. The molecule has 0 bridgehead atoms. The van der Waals surface area contributed by atoms with Gasteiger partial charge in [0.15, 0.2) is 0 Å². The summed E-state index contributed by atoms with van der Waals surface area (Å²) in [5.74, 6) is 1.80. The molecule has 19 heavy (non-hydrogen) atoms.